The van der Waals surface area contributed by atoms with E-state index in [9.17, 15) is 13.2 Å². The standard InChI is InChI=1S/C21H25N3O3S.ClH/c1-15-3-6-19(13-16(15)2)24-28(26,27)20-7-4-18(5-8-20)21(25)23-14-17-9-11-22-12-10-17;/h3-9,13,22,24H,10-12,14H2,1-2H3,(H,23,25);1H. The van der Waals surface area contributed by atoms with E-state index in [0.717, 1.165) is 30.6 Å². The zero-order chi connectivity index (χ0) is 20.1. The number of rotatable bonds is 6. The molecule has 2 aromatic carbocycles. The van der Waals surface area contributed by atoms with Gasteiger partial charge in [0.05, 0.1) is 4.90 Å². The Morgan fingerprint density at radius 3 is 2.41 bits per heavy atom. The number of halogens is 1. The van der Waals surface area contributed by atoms with Crippen molar-refractivity contribution in [3.8, 4) is 0 Å². The van der Waals surface area contributed by atoms with Crippen molar-refractivity contribution in [3.63, 3.8) is 0 Å². The molecule has 1 heterocycles. The molecule has 0 radical (unpaired) electrons. The molecule has 0 saturated carbocycles. The van der Waals surface area contributed by atoms with Gasteiger partial charge in [0.25, 0.3) is 15.9 Å². The summed E-state index contributed by atoms with van der Waals surface area (Å²) in [7, 11) is -3.71. The van der Waals surface area contributed by atoms with Crippen molar-refractivity contribution in [3.05, 3.63) is 70.8 Å². The quantitative estimate of drug-likeness (QED) is 0.608. The maximum absolute atomic E-state index is 12.6. The number of amides is 1. The van der Waals surface area contributed by atoms with Crippen LogP contribution in [-0.4, -0.2) is 34.0 Å². The SMILES string of the molecule is Cc1ccc(NS(=O)(=O)c2ccc(C(=O)NCC3=CCNCC3)cc2)cc1C.Cl. The van der Waals surface area contributed by atoms with Gasteiger partial charge in [0.15, 0.2) is 0 Å². The minimum Gasteiger partial charge on any atom is -0.348 e. The molecule has 0 fully saturated rings. The van der Waals surface area contributed by atoms with E-state index in [0.29, 0.717) is 17.8 Å². The number of benzene rings is 2. The highest BCUT2D eigenvalue weighted by molar-refractivity contribution is 7.92. The fourth-order valence-electron chi connectivity index (χ4n) is 2.93. The van der Waals surface area contributed by atoms with E-state index in [-0.39, 0.29) is 23.2 Å². The van der Waals surface area contributed by atoms with Gasteiger partial charge in [-0.05, 0) is 74.3 Å². The highest BCUT2D eigenvalue weighted by Crippen LogP contribution is 2.19. The maximum Gasteiger partial charge on any atom is 0.261 e. The number of hydrogen-bond donors (Lipinski definition) is 3. The van der Waals surface area contributed by atoms with Crippen LogP contribution in [0.5, 0.6) is 0 Å². The van der Waals surface area contributed by atoms with Gasteiger partial charge in [0.1, 0.15) is 0 Å². The first-order valence-electron chi connectivity index (χ1n) is 9.22. The van der Waals surface area contributed by atoms with E-state index in [4.69, 9.17) is 0 Å². The molecule has 3 rings (SSSR count). The zero-order valence-electron chi connectivity index (χ0n) is 16.5. The Balaban J connectivity index is 0.00000300. The first-order valence-corrected chi connectivity index (χ1v) is 10.7. The predicted octanol–water partition coefficient (Wildman–Crippen LogP) is 3.18. The van der Waals surface area contributed by atoms with Crippen molar-refractivity contribution in [1.82, 2.24) is 10.6 Å². The summed E-state index contributed by atoms with van der Waals surface area (Å²) in [5.41, 5.74) is 4.25. The molecular weight excluding hydrogens is 410 g/mol. The summed E-state index contributed by atoms with van der Waals surface area (Å²) >= 11 is 0. The molecule has 0 unspecified atom stereocenters. The fraction of sp³-hybridized carbons (Fsp3) is 0.286. The minimum absolute atomic E-state index is 0. The summed E-state index contributed by atoms with van der Waals surface area (Å²) in [5, 5.41) is 6.10. The van der Waals surface area contributed by atoms with E-state index in [1.807, 2.05) is 19.9 Å². The topological polar surface area (TPSA) is 87.3 Å². The molecular formula is C21H26ClN3O3S. The molecule has 156 valence electrons. The lowest BCUT2D eigenvalue weighted by molar-refractivity contribution is 0.0956. The number of sulfonamides is 1. The predicted molar refractivity (Wildman–Crippen MR) is 118 cm³/mol. The van der Waals surface area contributed by atoms with E-state index < -0.39 is 10.0 Å². The van der Waals surface area contributed by atoms with Crippen LogP contribution < -0.4 is 15.4 Å². The summed E-state index contributed by atoms with van der Waals surface area (Å²) in [6, 6.07) is 11.4. The number of aryl methyl sites for hydroxylation is 2. The third-order valence-corrected chi connectivity index (χ3v) is 6.22. The summed E-state index contributed by atoms with van der Waals surface area (Å²) in [5.74, 6) is -0.217. The fourth-order valence-corrected chi connectivity index (χ4v) is 3.98. The Morgan fingerprint density at radius 1 is 1.07 bits per heavy atom. The van der Waals surface area contributed by atoms with Crippen LogP contribution >= 0.6 is 12.4 Å². The largest absolute Gasteiger partial charge is 0.348 e. The van der Waals surface area contributed by atoms with Gasteiger partial charge >= 0.3 is 0 Å². The summed E-state index contributed by atoms with van der Waals surface area (Å²) in [6.45, 7) is 6.15. The van der Waals surface area contributed by atoms with Gasteiger partial charge in [0, 0.05) is 24.3 Å². The van der Waals surface area contributed by atoms with E-state index in [2.05, 4.69) is 21.4 Å². The lowest BCUT2D eigenvalue weighted by Gasteiger charge is -2.14. The number of hydrogen-bond acceptors (Lipinski definition) is 4. The van der Waals surface area contributed by atoms with E-state index in [1.54, 1.807) is 12.1 Å². The van der Waals surface area contributed by atoms with Crippen LogP contribution in [-0.2, 0) is 10.0 Å². The molecule has 0 atom stereocenters. The Bertz CT molecular complexity index is 1000. The van der Waals surface area contributed by atoms with E-state index in [1.165, 1.54) is 29.8 Å². The molecule has 0 aromatic heterocycles. The van der Waals surface area contributed by atoms with Gasteiger partial charge in [-0.3, -0.25) is 9.52 Å². The minimum atomic E-state index is -3.71. The molecule has 0 saturated heterocycles. The Kier molecular flexibility index (Phi) is 7.84. The van der Waals surface area contributed by atoms with Crippen LogP contribution in [0.2, 0.25) is 0 Å². The second kappa shape index (κ2) is 9.91. The molecule has 6 nitrogen and oxygen atoms in total. The lowest BCUT2D eigenvalue weighted by Crippen LogP contribution is -2.29. The second-order valence-electron chi connectivity index (χ2n) is 6.93. The molecule has 0 bridgehead atoms. The molecule has 3 N–H and O–H groups in total. The third-order valence-electron chi connectivity index (χ3n) is 4.82. The van der Waals surface area contributed by atoms with Crippen LogP contribution in [0.4, 0.5) is 5.69 Å². The van der Waals surface area contributed by atoms with Gasteiger partial charge < -0.3 is 10.6 Å². The number of anilines is 1. The molecule has 2 aromatic rings. The first kappa shape index (κ1) is 22.9. The summed E-state index contributed by atoms with van der Waals surface area (Å²) < 4.78 is 27.8. The summed E-state index contributed by atoms with van der Waals surface area (Å²) in [6.07, 6.45) is 3.00. The molecule has 0 aliphatic carbocycles. The molecule has 29 heavy (non-hydrogen) atoms. The third kappa shape index (κ3) is 6.06. The lowest BCUT2D eigenvalue weighted by atomic mass is 10.1. The highest BCUT2D eigenvalue weighted by atomic mass is 35.5. The van der Waals surface area contributed by atoms with Crippen molar-refractivity contribution in [2.75, 3.05) is 24.4 Å². The van der Waals surface area contributed by atoms with E-state index >= 15 is 0 Å². The van der Waals surface area contributed by atoms with Gasteiger partial charge in [-0.15, -0.1) is 12.4 Å². The van der Waals surface area contributed by atoms with Crippen molar-refractivity contribution < 1.29 is 13.2 Å². The van der Waals surface area contributed by atoms with Crippen LogP contribution in [0.1, 0.15) is 27.9 Å². The van der Waals surface area contributed by atoms with Gasteiger partial charge in [0.2, 0.25) is 0 Å². The van der Waals surface area contributed by atoms with Crippen molar-refractivity contribution in [2.24, 2.45) is 0 Å². The van der Waals surface area contributed by atoms with Crippen molar-refractivity contribution in [2.45, 2.75) is 25.2 Å². The Morgan fingerprint density at radius 2 is 1.79 bits per heavy atom. The van der Waals surface area contributed by atoms with Crippen LogP contribution in [0.15, 0.2) is 59.0 Å². The average Bonchev–Trinajstić information content (AvgIpc) is 2.69. The molecule has 1 aliphatic rings. The van der Waals surface area contributed by atoms with Gasteiger partial charge in [-0.1, -0.05) is 17.7 Å². The smallest absolute Gasteiger partial charge is 0.261 e. The second-order valence-corrected chi connectivity index (χ2v) is 8.61. The van der Waals surface area contributed by atoms with Gasteiger partial charge in [-0.25, -0.2) is 8.42 Å². The molecule has 0 spiro atoms. The number of nitrogens with one attached hydrogen (secondary N) is 3. The molecule has 1 aliphatic heterocycles. The Labute approximate surface area is 178 Å². The first-order chi connectivity index (χ1) is 13.3. The normalized spacial score (nSPS) is 13.8. The van der Waals surface area contributed by atoms with Crippen LogP contribution in [0.25, 0.3) is 0 Å². The maximum atomic E-state index is 12.6. The Hall–Kier alpha value is -2.35. The average molecular weight is 436 g/mol. The molecule has 8 heteroatoms. The highest BCUT2D eigenvalue weighted by Gasteiger charge is 2.16. The van der Waals surface area contributed by atoms with Crippen molar-refractivity contribution >= 4 is 34.0 Å². The monoisotopic (exact) mass is 435 g/mol. The molecule has 1 amide bonds. The zero-order valence-corrected chi connectivity index (χ0v) is 18.1. The van der Waals surface area contributed by atoms with Gasteiger partial charge in [-0.2, -0.15) is 0 Å². The number of carbonyl (C=O) groups is 1. The van der Waals surface area contributed by atoms with Crippen LogP contribution in [0, 0.1) is 13.8 Å². The van der Waals surface area contributed by atoms with Crippen molar-refractivity contribution in [1.29, 1.82) is 0 Å². The number of carbonyl (C=O) groups excluding carboxylic acids is 1. The van der Waals surface area contributed by atoms with Crippen LogP contribution in [0.3, 0.4) is 0 Å². The summed E-state index contributed by atoms with van der Waals surface area (Å²) in [4.78, 5) is 12.4.